The number of anilines is 6. The van der Waals surface area contributed by atoms with E-state index >= 15 is 0 Å². The summed E-state index contributed by atoms with van der Waals surface area (Å²) in [5.41, 5.74) is 22.6. The van der Waals surface area contributed by atoms with Crippen molar-refractivity contribution < 1.29 is 9.47 Å². The van der Waals surface area contributed by atoms with Crippen LogP contribution in [0.5, 0.6) is 11.5 Å². The Bertz CT molecular complexity index is 3560. The molecule has 68 heavy (non-hydrogen) atoms. The maximum atomic E-state index is 6.27. The van der Waals surface area contributed by atoms with Crippen LogP contribution in [0.15, 0.2) is 158 Å². The number of fused-ring (bicyclic) bond motifs is 8. The van der Waals surface area contributed by atoms with Crippen LogP contribution in [0.25, 0.3) is 54.6 Å². The zero-order chi connectivity index (χ0) is 46.1. The summed E-state index contributed by atoms with van der Waals surface area (Å²) in [6.45, 7) is 14.4. The molecule has 0 aromatic heterocycles. The number of rotatable bonds is 4. The molecule has 10 aromatic carbocycles. The number of nitrogens with zero attached hydrogens (tertiary/aromatic N) is 2. The molecule has 326 valence electrons. The second kappa shape index (κ2) is 13.6. The molecule has 0 aliphatic carbocycles. The monoisotopic (exact) mass is 876 g/mol. The predicted molar refractivity (Wildman–Crippen MR) is 290 cm³/mol. The van der Waals surface area contributed by atoms with Crippen LogP contribution < -0.4 is 52.1 Å². The molecule has 0 atom stereocenters. The Morgan fingerprint density at radius 2 is 0.750 bits per heavy atom. The maximum absolute atomic E-state index is 6.27. The molecule has 0 saturated carbocycles. The molecule has 0 saturated heterocycles. The molecular formula is C62H50B2N2O2. The average molecular weight is 877 g/mol. The van der Waals surface area contributed by atoms with Gasteiger partial charge in [-0.1, -0.05) is 137 Å². The molecule has 14 rings (SSSR count). The van der Waals surface area contributed by atoms with Gasteiger partial charge in [-0.2, -0.15) is 0 Å². The van der Waals surface area contributed by atoms with Crippen molar-refractivity contribution in [1.82, 2.24) is 0 Å². The number of para-hydroxylation sites is 4. The lowest BCUT2D eigenvalue weighted by molar-refractivity contribution is 0.415. The van der Waals surface area contributed by atoms with E-state index in [1.54, 1.807) is 0 Å². The van der Waals surface area contributed by atoms with Crippen molar-refractivity contribution >= 4 is 113 Å². The lowest BCUT2D eigenvalue weighted by Gasteiger charge is -2.43. The Morgan fingerprint density at radius 1 is 0.368 bits per heavy atom. The Morgan fingerprint density at radius 3 is 1.13 bits per heavy atom. The van der Waals surface area contributed by atoms with Crippen molar-refractivity contribution in [3.05, 3.63) is 169 Å². The minimum Gasteiger partial charge on any atom is -0.497 e. The number of hydrogen-bond donors (Lipinski definition) is 0. The van der Waals surface area contributed by atoms with E-state index in [4.69, 9.17) is 9.47 Å². The molecule has 0 spiro atoms. The van der Waals surface area contributed by atoms with Gasteiger partial charge in [0.1, 0.15) is 11.5 Å². The number of ether oxygens (including phenoxy) is 2. The lowest BCUT2D eigenvalue weighted by atomic mass is 9.31. The molecular weight excluding hydrogens is 826 g/mol. The number of benzene rings is 10. The predicted octanol–water partition coefficient (Wildman–Crippen LogP) is 11.8. The Hall–Kier alpha value is -7.43. The normalized spacial score (nSPS) is 14.1. The third kappa shape index (κ3) is 5.13. The smallest absolute Gasteiger partial charge is 0.248 e. The fraction of sp³-hybridized carbons (Fsp3) is 0.161. The lowest BCUT2D eigenvalue weighted by Crippen LogP contribution is -2.60. The molecule has 0 unspecified atom stereocenters. The van der Waals surface area contributed by atoms with Crippen molar-refractivity contribution in [3.63, 3.8) is 0 Å². The van der Waals surface area contributed by atoms with Gasteiger partial charge in [0.25, 0.3) is 0 Å². The second-order valence-corrected chi connectivity index (χ2v) is 21.5. The zero-order valence-electron chi connectivity index (χ0n) is 39.9. The highest BCUT2D eigenvalue weighted by Crippen LogP contribution is 2.53. The summed E-state index contributed by atoms with van der Waals surface area (Å²) in [4.78, 5) is 4.93. The molecule has 4 aliphatic heterocycles. The number of hydrogen-bond acceptors (Lipinski definition) is 4. The van der Waals surface area contributed by atoms with Gasteiger partial charge in [0.2, 0.25) is 13.4 Å². The third-order valence-corrected chi connectivity index (χ3v) is 15.8. The van der Waals surface area contributed by atoms with Gasteiger partial charge in [0.05, 0.1) is 14.2 Å². The molecule has 0 radical (unpaired) electrons. The Balaban J connectivity index is 1.19. The summed E-state index contributed by atoms with van der Waals surface area (Å²) in [5.74, 6) is 1.72. The van der Waals surface area contributed by atoms with Crippen LogP contribution in [0, 0.1) is 0 Å². The standard InChI is InChI=1S/C62H50B2N2O2/c1-61(2,3)45-31-39-41-27-37(67-7)29-53-59(41)64(48-24-16-18-26-52(48)65(53)35-19-11-9-12-20-35)50-34-44-46(62(4,5)6)32-40-42-28-38(68-8)30-54-60(42)63(49-33-43(45)57(55(39)50)58(44)56(40)49)47-23-15-17-25-51(47)66(54)36-21-13-10-14-22-36/h9-34H,1-8H3. The molecule has 4 nitrogen and oxygen atoms in total. The molecule has 0 fully saturated rings. The summed E-state index contributed by atoms with van der Waals surface area (Å²) < 4.78 is 12.5. The molecule has 4 aliphatic rings. The first-order valence-electron chi connectivity index (χ1n) is 24.1. The topological polar surface area (TPSA) is 24.9 Å². The Kier molecular flexibility index (Phi) is 7.94. The summed E-state index contributed by atoms with van der Waals surface area (Å²) in [5, 5.41) is 8.19. The molecule has 4 heterocycles. The summed E-state index contributed by atoms with van der Waals surface area (Å²) in [6, 6.07) is 59.5. The van der Waals surface area contributed by atoms with E-state index in [0.717, 1.165) is 22.9 Å². The minimum absolute atomic E-state index is 0.00303. The Labute approximate surface area is 399 Å². The van der Waals surface area contributed by atoms with Crippen LogP contribution >= 0.6 is 0 Å². The van der Waals surface area contributed by atoms with Crippen LogP contribution in [0.1, 0.15) is 52.7 Å². The molecule has 6 heteroatoms. The van der Waals surface area contributed by atoms with Gasteiger partial charge in [0, 0.05) is 46.3 Å². The number of methoxy groups -OCH3 is 2. The highest BCUT2D eigenvalue weighted by atomic mass is 16.5. The molecule has 10 aromatic rings. The van der Waals surface area contributed by atoms with Gasteiger partial charge in [-0.3, -0.25) is 0 Å². The van der Waals surface area contributed by atoms with E-state index in [0.29, 0.717) is 0 Å². The zero-order valence-corrected chi connectivity index (χ0v) is 39.9. The first-order valence-corrected chi connectivity index (χ1v) is 24.1. The third-order valence-electron chi connectivity index (χ3n) is 15.8. The highest BCUT2D eigenvalue weighted by Gasteiger charge is 2.46. The summed E-state index contributed by atoms with van der Waals surface area (Å²) in [7, 11) is 3.62. The fourth-order valence-corrected chi connectivity index (χ4v) is 13.1. The van der Waals surface area contributed by atoms with Crippen molar-refractivity contribution in [2.24, 2.45) is 0 Å². The first-order chi connectivity index (χ1) is 32.9. The van der Waals surface area contributed by atoms with Gasteiger partial charge < -0.3 is 19.3 Å². The van der Waals surface area contributed by atoms with Crippen LogP contribution in [0.3, 0.4) is 0 Å². The van der Waals surface area contributed by atoms with E-state index in [2.05, 4.69) is 209 Å². The van der Waals surface area contributed by atoms with Crippen molar-refractivity contribution in [1.29, 1.82) is 0 Å². The average Bonchev–Trinajstić information content (AvgIpc) is 3.35. The maximum Gasteiger partial charge on any atom is 0.248 e. The summed E-state index contributed by atoms with van der Waals surface area (Å²) >= 11 is 0. The van der Waals surface area contributed by atoms with E-state index in [9.17, 15) is 0 Å². The van der Waals surface area contributed by atoms with Crippen LogP contribution in [0.2, 0.25) is 0 Å². The molecule has 0 N–H and O–H groups in total. The van der Waals surface area contributed by atoms with Crippen LogP contribution in [0.4, 0.5) is 34.1 Å². The van der Waals surface area contributed by atoms with Gasteiger partial charge >= 0.3 is 0 Å². The van der Waals surface area contributed by atoms with Gasteiger partial charge in [0.15, 0.2) is 0 Å². The fourth-order valence-electron chi connectivity index (χ4n) is 13.1. The van der Waals surface area contributed by atoms with E-state index in [1.165, 1.54) is 121 Å². The largest absolute Gasteiger partial charge is 0.497 e. The van der Waals surface area contributed by atoms with E-state index < -0.39 is 0 Å². The van der Waals surface area contributed by atoms with Gasteiger partial charge in [-0.05, 0) is 159 Å². The van der Waals surface area contributed by atoms with Crippen molar-refractivity contribution in [2.75, 3.05) is 24.0 Å². The van der Waals surface area contributed by atoms with Crippen molar-refractivity contribution in [2.45, 2.75) is 52.4 Å². The SMILES string of the molecule is COc1cc2c3c(c1)N(c1ccccc1)c1ccccc1B3c1cc3c(C(C)(C)C)cc4c5c(cc6c(C(C)(C)C)cc-2c1c6c35)B1c2ccccc2N(c2ccccc2)c2cc(OC)cc-4c21. The molecule has 0 bridgehead atoms. The van der Waals surface area contributed by atoms with Gasteiger partial charge in [-0.25, -0.2) is 0 Å². The van der Waals surface area contributed by atoms with Crippen LogP contribution in [-0.2, 0) is 10.8 Å². The quantitative estimate of drug-likeness (QED) is 0.130. The van der Waals surface area contributed by atoms with E-state index in [1.807, 2.05) is 14.2 Å². The van der Waals surface area contributed by atoms with E-state index in [-0.39, 0.29) is 24.3 Å². The summed E-state index contributed by atoms with van der Waals surface area (Å²) in [6.07, 6.45) is 0. The second-order valence-electron chi connectivity index (χ2n) is 21.5. The minimum atomic E-state index is -0.181. The first kappa shape index (κ1) is 39.7. The van der Waals surface area contributed by atoms with Crippen LogP contribution in [-0.4, -0.2) is 27.6 Å². The van der Waals surface area contributed by atoms with Crippen molar-refractivity contribution in [3.8, 4) is 33.8 Å². The highest BCUT2D eigenvalue weighted by molar-refractivity contribution is 7.02. The molecule has 0 amide bonds. The van der Waals surface area contributed by atoms with Gasteiger partial charge in [-0.15, -0.1) is 0 Å².